The molecule has 36 heavy (non-hydrogen) atoms. The maximum atomic E-state index is 13.2. The van der Waals surface area contributed by atoms with Crippen LogP contribution >= 0.6 is 0 Å². The maximum absolute atomic E-state index is 13.2. The molecule has 1 atom stereocenters. The van der Waals surface area contributed by atoms with E-state index < -0.39 is 11.9 Å². The molecule has 0 radical (unpaired) electrons. The average molecular weight is 488 g/mol. The molecule has 0 amide bonds. The third kappa shape index (κ3) is 3.86. The lowest BCUT2D eigenvalue weighted by molar-refractivity contribution is -0.139. The summed E-state index contributed by atoms with van der Waals surface area (Å²) in [6.45, 7) is 3.70. The van der Waals surface area contributed by atoms with Crippen molar-refractivity contribution in [3.05, 3.63) is 71.3 Å². The number of nitrogen functional groups attached to an aromatic ring is 1. The van der Waals surface area contributed by atoms with Crippen LogP contribution in [0.1, 0.15) is 30.9 Å². The van der Waals surface area contributed by atoms with E-state index in [1.807, 2.05) is 24.3 Å². The number of carbonyl (C=O) groups excluding carboxylic acids is 1. The summed E-state index contributed by atoms with van der Waals surface area (Å²) in [6, 6.07) is 12.8. The number of nitrogens with two attached hydrogens (primary N) is 1. The molecule has 2 aromatic carbocycles. The van der Waals surface area contributed by atoms with Crippen LogP contribution in [0, 0.1) is 0 Å². The first kappa shape index (κ1) is 23.2. The second-order valence-corrected chi connectivity index (χ2v) is 8.13. The molecule has 10 nitrogen and oxygen atoms in total. The molecular formula is C26H25N5O5. The predicted octanol–water partition coefficient (Wildman–Crippen LogP) is 3.75. The third-order valence-electron chi connectivity index (χ3n) is 6.00. The second kappa shape index (κ2) is 9.21. The predicted molar refractivity (Wildman–Crippen MR) is 132 cm³/mol. The van der Waals surface area contributed by atoms with Crippen molar-refractivity contribution in [3.63, 3.8) is 0 Å². The van der Waals surface area contributed by atoms with Gasteiger partial charge in [-0.15, -0.1) is 5.10 Å². The van der Waals surface area contributed by atoms with Crippen molar-refractivity contribution in [1.82, 2.24) is 19.6 Å². The van der Waals surface area contributed by atoms with Crippen LogP contribution in [0.2, 0.25) is 0 Å². The highest BCUT2D eigenvalue weighted by molar-refractivity contribution is 5.93. The van der Waals surface area contributed by atoms with E-state index in [0.29, 0.717) is 51.4 Å². The van der Waals surface area contributed by atoms with Gasteiger partial charge < -0.3 is 24.7 Å². The second-order valence-electron chi connectivity index (χ2n) is 8.13. The molecule has 10 heteroatoms. The van der Waals surface area contributed by atoms with E-state index in [4.69, 9.17) is 29.7 Å². The van der Waals surface area contributed by atoms with Gasteiger partial charge in [-0.25, -0.2) is 19.3 Å². The molecule has 0 aliphatic carbocycles. The zero-order valence-corrected chi connectivity index (χ0v) is 20.3. The lowest BCUT2D eigenvalue weighted by atomic mass is 9.83. The molecule has 1 aliphatic rings. The van der Waals surface area contributed by atoms with Crippen molar-refractivity contribution in [1.29, 1.82) is 0 Å². The number of methoxy groups -OCH3 is 2. The summed E-state index contributed by atoms with van der Waals surface area (Å²) in [6.07, 6.45) is 1.54. The molecule has 2 aromatic heterocycles. The number of hydrogen-bond donors (Lipinski definition) is 1. The topological polar surface area (TPSA) is 123 Å². The Balaban J connectivity index is 1.75. The molecule has 0 saturated heterocycles. The van der Waals surface area contributed by atoms with Gasteiger partial charge in [0.25, 0.3) is 0 Å². The molecular weight excluding hydrogens is 462 g/mol. The van der Waals surface area contributed by atoms with E-state index >= 15 is 0 Å². The first-order valence-corrected chi connectivity index (χ1v) is 11.3. The van der Waals surface area contributed by atoms with Crippen molar-refractivity contribution in [2.45, 2.75) is 19.8 Å². The zero-order valence-electron chi connectivity index (χ0n) is 20.3. The van der Waals surface area contributed by atoms with E-state index in [-0.39, 0.29) is 6.61 Å². The SMILES string of the molecule is CCOC(=O)C1=C(C)Oc2ncn3nc(-c4ccc(N)cc4)nc3c2C1c1ccc(OC)c(OC)c1. The number of benzene rings is 2. The Kier molecular flexibility index (Phi) is 5.93. The van der Waals surface area contributed by atoms with Crippen molar-refractivity contribution in [2.75, 3.05) is 26.6 Å². The van der Waals surface area contributed by atoms with Crippen LogP contribution in [0.25, 0.3) is 17.0 Å². The minimum Gasteiger partial charge on any atom is -0.493 e. The molecule has 1 unspecified atom stereocenters. The minimum absolute atomic E-state index is 0.218. The molecule has 184 valence electrons. The molecule has 0 fully saturated rings. The van der Waals surface area contributed by atoms with Gasteiger partial charge in [0.05, 0.1) is 37.9 Å². The van der Waals surface area contributed by atoms with Crippen LogP contribution in [0.5, 0.6) is 17.4 Å². The Labute approximate surface area is 207 Å². The summed E-state index contributed by atoms with van der Waals surface area (Å²) >= 11 is 0. The van der Waals surface area contributed by atoms with Gasteiger partial charge in [0, 0.05) is 11.3 Å². The van der Waals surface area contributed by atoms with Crippen LogP contribution in [0.3, 0.4) is 0 Å². The maximum Gasteiger partial charge on any atom is 0.338 e. The number of ether oxygens (including phenoxy) is 4. The number of esters is 1. The van der Waals surface area contributed by atoms with Gasteiger partial charge in [0.15, 0.2) is 23.0 Å². The summed E-state index contributed by atoms with van der Waals surface area (Å²) < 4.78 is 24.0. The molecule has 0 saturated carbocycles. The smallest absolute Gasteiger partial charge is 0.338 e. The normalized spacial score (nSPS) is 14.8. The van der Waals surface area contributed by atoms with Crippen molar-refractivity contribution < 1.29 is 23.7 Å². The number of anilines is 1. The van der Waals surface area contributed by atoms with Crippen LogP contribution in [0.15, 0.2) is 60.1 Å². The third-order valence-corrected chi connectivity index (χ3v) is 6.00. The number of allylic oxidation sites excluding steroid dienone is 1. The zero-order chi connectivity index (χ0) is 25.4. The van der Waals surface area contributed by atoms with Gasteiger partial charge in [-0.3, -0.25) is 0 Å². The van der Waals surface area contributed by atoms with E-state index in [1.165, 1.54) is 6.33 Å². The van der Waals surface area contributed by atoms with E-state index in [0.717, 1.165) is 11.1 Å². The molecule has 0 spiro atoms. The number of fused-ring (bicyclic) bond motifs is 3. The summed E-state index contributed by atoms with van der Waals surface area (Å²) in [5.74, 6) is 1.22. The highest BCUT2D eigenvalue weighted by Gasteiger charge is 2.38. The van der Waals surface area contributed by atoms with Crippen molar-refractivity contribution >= 4 is 17.3 Å². The molecule has 3 heterocycles. The Morgan fingerprint density at radius 2 is 1.86 bits per heavy atom. The fourth-order valence-corrected chi connectivity index (χ4v) is 4.33. The molecule has 0 bridgehead atoms. The van der Waals surface area contributed by atoms with Crippen LogP contribution in [0.4, 0.5) is 5.69 Å². The van der Waals surface area contributed by atoms with Gasteiger partial charge in [-0.1, -0.05) is 6.07 Å². The fourth-order valence-electron chi connectivity index (χ4n) is 4.33. The molecule has 1 aliphatic heterocycles. The number of nitrogens with zero attached hydrogens (tertiary/aromatic N) is 4. The summed E-state index contributed by atoms with van der Waals surface area (Å²) in [5, 5.41) is 4.60. The quantitative estimate of drug-likeness (QED) is 0.320. The fraction of sp³-hybridized carbons (Fsp3) is 0.231. The van der Waals surface area contributed by atoms with Crippen LogP contribution < -0.4 is 19.9 Å². The molecule has 2 N–H and O–H groups in total. The van der Waals surface area contributed by atoms with Gasteiger partial charge in [0.1, 0.15) is 12.1 Å². The van der Waals surface area contributed by atoms with E-state index in [9.17, 15) is 4.79 Å². The van der Waals surface area contributed by atoms with Crippen LogP contribution in [-0.2, 0) is 9.53 Å². The lowest BCUT2D eigenvalue weighted by Crippen LogP contribution is -2.24. The van der Waals surface area contributed by atoms with E-state index in [2.05, 4.69) is 10.1 Å². The molecule has 5 rings (SSSR count). The Bertz CT molecular complexity index is 1490. The summed E-state index contributed by atoms with van der Waals surface area (Å²) in [5.41, 5.74) is 9.47. The molecule has 4 aromatic rings. The van der Waals surface area contributed by atoms with Crippen LogP contribution in [-0.4, -0.2) is 46.4 Å². The average Bonchev–Trinajstić information content (AvgIpc) is 3.32. The Morgan fingerprint density at radius 3 is 2.56 bits per heavy atom. The Hall–Kier alpha value is -4.60. The number of hydrogen-bond acceptors (Lipinski definition) is 9. The number of aromatic nitrogens is 4. The summed E-state index contributed by atoms with van der Waals surface area (Å²) in [4.78, 5) is 22.5. The van der Waals surface area contributed by atoms with Gasteiger partial charge in [0.2, 0.25) is 5.88 Å². The monoisotopic (exact) mass is 487 g/mol. The number of rotatable bonds is 6. The standard InChI is InChI=1S/C26H25N5O5/c1-5-35-26(32)20-14(2)36-25-22(21(20)16-8-11-18(33-3)19(12-16)34-4)24-29-23(30-31(24)13-28-25)15-6-9-17(27)10-7-15/h6-13,21H,5,27H2,1-4H3. The first-order chi connectivity index (χ1) is 17.4. The largest absolute Gasteiger partial charge is 0.493 e. The number of carbonyl (C=O) groups is 1. The van der Waals surface area contributed by atoms with Gasteiger partial charge >= 0.3 is 5.97 Å². The summed E-state index contributed by atoms with van der Waals surface area (Å²) in [7, 11) is 3.13. The highest BCUT2D eigenvalue weighted by Crippen LogP contribution is 2.46. The van der Waals surface area contributed by atoms with E-state index in [1.54, 1.807) is 50.8 Å². The van der Waals surface area contributed by atoms with Crippen molar-refractivity contribution in [3.8, 4) is 28.8 Å². The highest BCUT2D eigenvalue weighted by atomic mass is 16.5. The lowest BCUT2D eigenvalue weighted by Gasteiger charge is -2.28. The minimum atomic E-state index is -0.604. The first-order valence-electron chi connectivity index (χ1n) is 11.3. The Morgan fingerprint density at radius 1 is 1.11 bits per heavy atom. The van der Waals surface area contributed by atoms with Gasteiger partial charge in [-0.2, -0.15) is 0 Å². The van der Waals surface area contributed by atoms with Gasteiger partial charge in [-0.05, 0) is 55.8 Å². The van der Waals surface area contributed by atoms with Crippen molar-refractivity contribution in [2.24, 2.45) is 0 Å².